The van der Waals surface area contributed by atoms with Crippen molar-refractivity contribution in [1.29, 1.82) is 0 Å². The Bertz CT molecular complexity index is 456. The van der Waals surface area contributed by atoms with Gasteiger partial charge in [0.25, 0.3) is 5.91 Å². The van der Waals surface area contributed by atoms with Crippen LogP contribution in [-0.2, 0) is 4.79 Å². The summed E-state index contributed by atoms with van der Waals surface area (Å²) >= 11 is 11.7. The molecule has 0 spiro atoms. The van der Waals surface area contributed by atoms with Crippen LogP contribution in [0.3, 0.4) is 0 Å². The van der Waals surface area contributed by atoms with Crippen molar-refractivity contribution >= 4 is 35.0 Å². The third kappa shape index (κ3) is 2.90. The van der Waals surface area contributed by atoms with E-state index in [0.717, 1.165) is 0 Å². The van der Waals surface area contributed by atoms with E-state index in [4.69, 9.17) is 23.2 Å². The van der Waals surface area contributed by atoms with E-state index in [1.807, 2.05) is 0 Å². The molecular weight excluding hydrogens is 263 g/mol. The molecule has 1 heterocycles. The van der Waals surface area contributed by atoms with Crippen LogP contribution in [0.1, 0.15) is 10.4 Å². The molecule has 1 saturated heterocycles. The lowest BCUT2D eigenvalue weighted by molar-refractivity contribution is -0.123. The summed E-state index contributed by atoms with van der Waals surface area (Å²) in [5, 5.41) is 3.47. The van der Waals surface area contributed by atoms with Crippen LogP contribution < -0.4 is 5.32 Å². The SMILES string of the molecule is O=C1CN(C(=O)c2cc(Cl)cc(Cl)c2)CCN1. The van der Waals surface area contributed by atoms with E-state index in [0.29, 0.717) is 28.7 Å². The number of carbonyl (C=O) groups excluding carboxylic acids is 2. The van der Waals surface area contributed by atoms with E-state index < -0.39 is 0 Å². The first-order valence-corrected chi connectivity index (χ1v) is 5.84. The maximum Gasteiger partial charge on any atom is 0.254 e. The molecule has 1 fully saturated rings. The number of halogens is 2. The van der Waals surface area contributed by atoms with Crippen LogP contribution in [0.2, 0.25) is 10.0 Å². The molecule has 2 amide bonds. The normalized spacial score (nSPS) is 15.6. The zero-order valence-electron chi connectivity index (χ0n) is 8.87. The van der Waals surface area contributed by atoms with E-state index in [9.17, 15) is 9.59 Å². The lowest BCUT2D eigenvalue weighted by Gasteiger charge is -2.26. The van der Waals surface area contributed by atoms with Crippen molar-refractivity contribution in [2.75, 3.05) is 19.6 Å². The largest absolute Gasteiger partial charge is 0.353 e. The maximum absolute atomic E-state index is 12.1. The second-order valence-corrected chi connectivity index (χ2v) is 4.61. The Labute approximate surface area is 108 Å². The molecule has 0 saturated carbocycles. The van der Waals surface area contributed by atoms with Crippen LogP contribution in [0.5, 0.6) is 0 Å². The van der Waals surface area contributed by atoms with Gasteiger partial charge in [-0.15, -0.1) is 0 Å². The minimum Gasteiger partial charge on any atom is -0.353 e. The quantitative estimate of drug-likeness (QED) is 0.844. The van der Waals surface area contributed by atoms with Gasteiger partial charge in [0.15, 0.2) is 0 Å². The number of hydrogen-bond acceptors (Lipinski definition) is 2. The fraction of sp³-hybridized carbons (Fsp3) is 0.273. The number of hydrogen-bond donors (Lipinski definition) is 1. The van der Waals surface area contributed by atoms with Crippen LogP contribution in [0.4, 0.5) is 0 Å². The van der Waals surface area contributed by atoms with Gasteiger partial charge in [0, 0.05) is 28.7 Å². The number of piperazine rings is 1. The fourth-order valence-corrected chi connectivity index (χ4v) is 2.20. The van der Waals surface area contributed by atoms with Crippen molar-refractivity contribution < 1.29 is 9.59 Å². The Morgan fingerprint density at radius 1 is 1.24 bits per heavy atom. The second-order valence-electron chi connectivity index (χ2n) is 3.73. The van der Waals surface area contributed by atoms with Crippen molar-refractivity contribution in [3.05, 3.63) is 33.8 Å². The molecule has 0 atom stereocenters. The molecule has 4 nitrogen and oxygen atoms in total. The van der Waals surface area contributed by atoms with Crippen LogP contribution in [-0.4, -0.2) is 36.3 Å². The van der Waals surface area contributed by atoms with Gasteiger partial charge in [0.05, 0.1) is 6.54 Å². The van der Waals surface area contributed by atoms with Crippen LogP contribution in [0.25, 0.3) is 0 Å². The van der Waals surface area contributed by atoms with E-state index in [2.05, 4.69) is 5.32 Å². The highest BCUT2D eigenvalue weighted by Gasteiger charge is 2.22. The fourth-order valence-electron chi connectivity index (χ4n) is 1.67. The predicted molar refractivity (Wildman–Crippen MR) is 65.4 cm³/mol. The Morgan fingerprint density at radius 2 is 1.88 bits per heavy atom. The molecule has 90 valence electrons. The smallest absolute Gasteiger partial charge is 0.254 e. The highest BCUT2D eigenvalue weighted by molar-refractivity contribution is 6.35. The van der Waals surface area contributed by atoms with Gasteiger partial charge in [0.2, 0.25) is 5.91 Å². The molecule has 1 aliphatic heterocycles. The number of nitrogens with zero attached hydrogens (tertiary/aromatic N) is 1. The average Bonchev–Trinajstić information content (AvgIpc) is 2.26. The molecule has 1 aliphatic rings. The molecular formula is C11H10Cl2N2O2. The Balaban J connectivity index is 2.21. The summed E-state index contributed by atoms with van der Waals surface area (Å²) < 4.78 is 0. The summed E-state index contributed by atoms with van der Waals surface area (Å²) in [6, 6.07) is 4.65. The number of rotatable bonds is 1. The Kier molecular flexibility index (Phi) is 3.54. The minimum absolute atomic E-state index is 0.0724. The van der Waals surface area contributed by atoms with Crippen molar-refractivity contribution in [3.63, 3.8) is 0 Å². The third-order valence-electron chi connectivity index (χ3n) is 2.44. The van der Waals surface area contributed by atoms with Gasteiger partial charge in [-0.05, 0) is 18.2 Å². The van der Waals surface area contributed by atoms with Crippen molar-refractivity contribution in [2.24, 2.45) is 0 Å². The number of benzene rings is 1. The first-order chi connectivity index (χ1) is 8.06. The van der Waals surface area contributed by atoms with Gasteiger partial charge in [0.1, 0.15) is 0 Å². The third-order valence-corrected chi connectivity index (χ3v) is 2.87. The topological polar surface area (TPSA) is 49.4 Å². The van der Waals surface area contributed by atoms with E-state index in [1.165, 1.54) is 4.90 Å². The number of amides is 2. The van der Waals surface area contributed by atoms with Crippen molar-refractivity contribution in [2.45, 2.75) is 0 Å². The molecule has 6 heteroatoms. The highest BCUT2D eigenvalue weighted by Crippen LogP contribution is 2.20. The van der Waals surface area contributed by atoms with Crippen LogP contribution in [0, 0.1) is 0 Å². The first kappa shape index (κ1) is 12.2. The van der Waals surface area contributed by atoms with Crippen LogP contribution in [0.15, 0.2) is 18.2 Å². The molecule has 17 heavy (non-hydrogen) atoms. The lowest BCUT2D eigenvalue weighted by Crippen LogP contribution is -2.49. The zero-order chi connectivity index (χ0) is 12.4. The molecule has 1 aromatic carbocycles. The number of nitrogens with one attached hydrogen (secondary N) is 1. The molecule has 2 rings (SSSR count). The first-order valence-electron chi connectivity index (χ1n) is 5.08. The van der Waals surface area contributed by atoms with Gasteiger partial charge in [-0.2, -0.15) is 0 Å². The Morgan fingerprint density at radius 3 is 2.47 bits per heavy atom. The second kappa shape index (κ2) is 4.94. The van der Waals surface area contributed by atoms with E-state index in [1.54, 1.807) is 18.2 Å². The molecule has 0 radical (unpaired) electrons. The summed E-state index contributed by atoms with van der Waals surface area (Å²) in [5.41, 5.74) is 0.400. The van der Waals surface area contributed by atoms with E-state index >= 15 is 0 Å². The molecule has 1 N–H and O–H groups in total. The maximum atomic E-state index is 12.1. The van der Waals surface area contributed by atoms with Crippen molar-refractivity contribution in [3.8, 4) is 0 Å². The summed E-state index contributed by atoms with van der Waals surface area (Å²) in [7, 11) is 0. The molecule has 0 aromatic heterocycles. The van der Waals surface area contributed by atoms with E-state index in [-0.39, 0.29) is 18.4 Å². The van der Waals surface area contributed by atoms with Gasteiger partial charge in [-0.25, -0.2) is 0 Å². The van der Waals surface area contributed by atoms with Gasteiger partial charge < -0.3 is 10.2 Å². The minimum atomic E-state index is -0.232. The number of carbonyl (C=O) groups is 2. The summed E-state index contributed by atoms with van der Waals surface area (Å²) in [4.78, 5) is 24.7. The monoisotopic (exact) mass is 272 g/mol. The lowest BCUT2D eigenvalue weighted by atomic mass is 10.2. The van der Waals surface area contributed by atoms with Gasteiger partial charge >= 0.3 is 0 Å². The summed E-state index contributed by atoms with van der Waals surface area (Å²) in [6.45, 7) is 1.04. The summed E-state index contributed by atoms with van der Waals surface area (Å²) in [6.07, 6.45) is 0. The van der Waals surface area contributed by atoms with Crippen LogP contribution >= 0.6 is 23.2 Å². The average molecular weight is 273 g/mol. The predicted octanol–water partition coefficient (Wildman–Crippen LogP) is 1.57. The Hall–Kier alpha value is -1.26. The standard InChI is InChI=1S/C11H10Cl2N2O2/c12-8-3-7(4-9(13)5-8)11(17)15-2-1-14-10(16)6-15/h3-5H,1-2,6H2,(H,14,16). The summed E-state index contributed by atoms with van der Waals surface area (Å²) in [5.74, 6) is -0.387. The van der Waals surface area contributed by atoms with Gasteiger partial charge in [-0.3, -0.25) is 9.59 Å². The zero-order valence-corrected chi connectivity index (χ0v) is 10.4. The molecule has 0 unspecified atom stereocenters. The molecule has 0 aliphatic carbocycles. The van der Waals surface area contributed by atoms with Gasteiger partial charge in [-0.1, -0.05) is 23.2 Å². The molecule has 1 aromatic rings. The molecule has 0 bridgehead atoms. The highest BCUT2D eigenvalue weighted by atomic mass is 35.5. The van der Waals surface area contributed by atoms with Crippen molar-refractivity contribution in [1.82, 2.24) is 10.2 Å².